The summed E-state index contributed by atoms with van der Waals surface area (Å²) in [5, 5.41) is 9.62. The Labute approximate surface area is 103 Å². The van der Waals surface area contributed by atoms with Crippen LogP contribution in [-0.4, -0.2) is 16.1 Å². The zero-order chi connectivity index (χ0) is 9.26. The number of benzene rings is 1. The topological polar surface area (TPSA) is 53.1 Å². The molecular weight excluding hydrogens is 189 g/mol. The van der Waals surface area contributed by atoms with Gasteiger partial charge in [0.1, 0.15) is 0 Å². The number of carboxylic acid groups (broad SMARTS) is 1. The Kier molecular flexibility index (Phi) is 3.75. The molecule has 14 heavy (non-hydrogen) atoms. The number of fused-ring (bicyclic) bond motifs is 1. The van der Waals surface area contributed by atoms with E-state index in [-0.39, 0.29) is 36.0 Å². The number of aliphatic carboxylic acids is 1. The summed E-state index contributed by atoms with van der Waals surface area (Å²) in [6, 6.07) is 7.68. The maximum absolute atomic E-state index is 10.5. The van der Waals surface area contributed by atoms with Crippen molar-refractivity contribution in [3.8, 4) is 0 Å². The van der Waals surface area contributed by atoms with E-state index < -0.39 is 5.97 Å². The molecule has 0 fully saturated rings. The predicted octanol–water partition coefficient (Wildman–Crippen LogP) is -1.20. The molecule has 0 saturated carbocycles. The van der Waals surface area contributed by atoms with Crippen LogP contribution in [0.1, 0.15) is 5.56 Å². The summed E-state index contributed by atoms with van der Waals surface area (Å²) >= 11 is 0. The van der Waals surface area contributed by atoms with Crippen LogP contribution in [-0.2, 0) is 11.2 Å². The molecule has 2 aromatic rings. The van der Waals surface area contributed by atoms with Crippen LogP contribution in [0.3, 0.4) is 0 Å². The molecule has 0 bridgehead atoms. The number of rotatable bonds is 2. The van der Waals surface area contributed by atoms with E-state index in [2.05, 4.69) is 4.98 Å². The number of hydrogen-bond acceptors (Lipinski definition) is 1. The maximum atomic E-state index is 10.5. The molecule has 3 nitrogen and oxygen atoms in total. The van der Waals surface area contributed by atoms with Gasteiger partial charge in [0.05, 0.1) is 6.42 Å². The van der Waals surface area contributed by atoms with E-state index >= 15 is 0 Å². The van der Waals surface area contributed by atoms with Gasteiger partial charge in [0.25, 0.3) is 0 Å². The van der Waals surface area contributed by atoms with E-state index in [9.17, 15) is 4.79 Å². The van der Waals surface area contributed by atoms with Crippen molar-refractivity contribution >= 4 is 16.9 Å². The summed E-state index contributed by atoms with van der Waals surface area (Å²) in [5.74, 6) is -0.801. The smallest absolute Gasteiger partial charge is 0.481 e. The Morgan fingerprint density at radius 2 is 2.07 bits per heavy atom. The molecule has 66 valence electrons. The SMILES string of the molecule is O=C(O)Cc1c[nH]c2ccccc12.[Na+]. The summed E-state index contributed by atoms with van der Waals surface area (Å²) in [7, 11) is 0. The minimum absolute atomic E-state index is 0. The molecule has 0 aliphatic rings. The molecular formula is C10H9NNaO2+. The van der Waals surface area contributed by atoms with Crippen LogP contribution in [0.25, 0.3) is 10.9 Å². The van der Waals surface area contributed by atoms with Crippen molar-refractivity contribution in [2.24, 2.45) is 0 Å². The number of para-hydroxylation sites is 1. The van der Waals surface area contributed by atoms with E-state index in [1.165, 1.54) is 0 Å². The van der Waals surface area contributed by atoms with Gasteiger partial charge < -0.3 is 10.1 Å². The molecule has 1 heterocycles. The minimum Gasteiger partial charge on any atom is -0.481 e. The van der Waals surface area contributed by atoms with Gasteiger partial charge in [0, 0.05) is 17.1 Å². The molecule has 0 unspecified atom stereocenters. The van der Waals surface area contributed by atoms with Crippen LogP contribution >= 0.6 is 0 Å². The Balaban J connectivity index is 0.000000980. The molecule has 0 amide bonds. The fourth-order valence-corrected chi connectivity index (χ4v) is 1.44. The predicted molar refractivity (Wildman–Crippen MR) is 49.6 cm³/mol. The average molecular weight is 198 g/mol. The van der Waals surface area contributed by atoms with E-state index in [1.54, 1.807) is 6.20 Å². The van der Waals surface area contributed by atoms with Crippen molar-refractivity contribution < 1.29 is 39.5 Å². The molecule has 1 aromatic carbocycles. The van der Waals surface area contributed by atoms with E-state index in [4.69, 9.17) is 5.11 Å². The second-order valence-electron chi connectivity index (χ2n) is 2.93. The second kappa shape index (κ2) is 4.64. The Hall–Kier alpha value is -0.770. The van der Waals surface area contributed by atoms with Crippen LogP contribution in [0.5, 0.6) is 0 Å². The molecule has 0 radical (unpaired) electrons. The van der Waals surface area contributed by atoms with E-state index in [0.29, 0.717) is 0 Å². The fraction of sp³-hybridized carbons (Fsp3) is 0.100. The third-order valence-electron chi connectivity index (χ3n) is 2.02. The number of aromatic nitrogens is 1. The van der Waals surface area contributed by atoms with Gasteiger partial charge in [-0.1, -0.05) is 18.2 Å². The fourth-order valence-electron chi connectivity index (χ4n) is 1.44. The van der Waals surface area contributed by atoms with Crippen LogP contribution in [0.2, 0.25) is 0 Å². The Morgan fingerprint density at radius 3 is 2.79 bits per heavy atom. The second-order valence-corrected chi connectivity index (χ2v) is 2.93. The first-order valence-electron chi connectivity index (χ1n) is 4.04. The molecule has 0 saturated heterocycles. The van der Waals surface area contributed by atoms with Gasteiger partial charge in [-0.3, -0.25) is 4.79 Å². The number of carboxylic acids is 1. The van der Waals surface area contributed by atoms with Crippen LogP contribution in [0.15, 0.2) is 30.5 Å². The van der Waals surface area contributed by atoms with Gasteiger partial charge in [0.15, 0.2) is 0 Å². The molecule has 2 N–H and O–H groups in total. The summed E-state index contributed by atoms with van der Waals surface area (Å²) < 4.78 is 0. The molecule has 0 atom stereocenters. The van der Waals surface area contributed by atoms with Gasteiger partial charge in [-0.15, -0.1) is 0 Å². The van der Waals surface area contributed by atoms with Gasteiger partial charge >= 0.3 is 35.5 Å². The largest absolute Gasteiger partial charge is 1.00 e. The molecule has 1 aromatic heterocycles. The molecule has 0 spiro atoms. The van der Waals surface area contributed by atoms with Gasteiger partial charge in [-0.2, -0.15) is 0 Å². The number of hydrogen-bond donors (Lipinski definition) is 2. The van der Waals surface area contributed by atoms with Crippen LogP contribution < -0.4 is 29.6 Å². The van der Waals surface area contributed by atoms with Crippen molar-refractivity contribution in [3.05, 3.63) is 36.0 Å². The summed E-state index contributed by atoms with van der Waals surface area (Å²) in [6.45, 7) is 0. The van der Waals surface area contributed by atoms with Crippen molar-refractivity contribution in [3.63, 3.8) is 0 Å². The molecule has 0 aliphatic carbocycles. The number of nitrogens with one attached hydrogen (secondary N) is 1. The Morgan fingerprint density at radius 1 is 1.36 bits per heavy atom. The van der Waals surface area contributed by atoms with Crippen molar-refractivity contribution in [1.82, 2.24) is 4.98 Å². The van der Waals surface area contributed by atoms with Gasteiger partial charge in [0.2, 0.25) is 0 Å². The van der Waals surface area contributed by atoms with Crippen LogP contribution in [0, 0.1) is 0 Å². The standard InChI is InChI=1S/C10H9NO2.Na/c12-10(13)5-7-6-11-9-4-2-1-3-8(7)9;/h1-4,6,11H,5H2,(H,12,13);/q;+1. The van der Waals surface area contributed by atoms with Crippen molar-refractivity contribution in [2.75, 3.05) is 0 Å². The normalized spacial score (nSPS) is 9.71. The summed E-state index contributed by atoms with van der Waals surface area (Å²) in [6.07, 6.45) is 1.82. The van der Waals surface area contributed by atoms with E-state index in [0.717, 1.165) is 16.5 Å². The zero-order valence-electron chi connectivity index (χ0n) is 7.95. The number of carbonyl (C=O) groups is 1. The van der Waals surface area contributed by atoms with Gasteiger partial charge in [-0.05, 0) is 11.6 Å². The molecule has 0 aliphatic heterocycles. The molecule has 2 rings (SSSR count). The first kappa shape index (κ1) is 11.3. The van der Waals surface area contributed by atoms with E-state index in [1.807, 2.05) is 24.3 Å². The quantitative estimate of drug-likeness (QED) is 0.595. The number of H-pyrrole nitrogens is 1. The average Bonchev–Trinajstić information content (AvgIpc) is 2.48. The monoisotopic (exact) mass is 198 g/mol. The summed E-state index contributed by atoms with van der Waals surface area (Å²) in [4.78, 5) is 13.5. The van der Waals surface area contributed by atoms with Gasteiger partial charge in [-0.25, -0.2) is 0 Å². The number of aromatic amines is 1. The zero-order valence-corrected chi connectivity index (χ0v) is 9.95. The third kappa shape index (κ3) is 2.18. The van der Waals surface area contributed by atoms with Crippen molar-refractivity contribution in [2.45, 2.75) is 6.42 Å². The molecule has 4 heteroatoms. The van der Waals surface area contributed by atoms with Crippen molar-refractivity contribution in [1.29, 1.82) is 0 Å². The third-order valence-corrected chi connectivity index (χ3v) is 2.02. The maximum Gasteiger partial charge on any atom is 1.00 e. The van der Waals surface area contributed by atoms with Crippen LogP contribution in [0.4, 0.5) is 0 Å². The first-order chi connectivity index (χ1) is 6.27. The first-order valence-corrected chi connectivity index (χ1v) is 4.04. The minimum atomic E-state index is -0.801. The Bertz CT molecular complexity index is 450. The summed E-state index contributed by atoms with van der Waals surface area (Å²) in [5.41, 5.74) is 1.82.